The van der Waals surface area contributed by atoms with Crippen LogP contribution in [0.15, 0.2) is 29.2 Å². The van der Waals surface area contributed by atoms with Gasteiger partial charge in [0.1, 0.15) is 0 Å². The summed E-state index contributed by atoms with van der Waals surface area (Å²) in [5.74, 6) is -0.160. The van der Waals surface area contributed by atoms with E-state index >= 15 is 0 Å². The van der Waals surface area contributed by atoms with Crippen LogP contribution in [-0.4, -0.2) is 14.3 Å². The Labute approximate surface area is 91.2 Å². The third-order valence-corrected chi connectivity index (χ3v) is 2.72. The zero-order valence-electron chi connectivity index (χ0n) is 7.32. The summed E-state index contributed by atoms with van der Waals surface area (Å²) in [4.78, 5) is 0.0189. The first-order valence-corrected chi connectivity index (χ1v) is 5.88. The van der Waals surface area contributed by atoms with Crippen molar-refractivity contribution in [3.8, 4) is 0 Å². The van der Waals surface area contributed by atoms with Crippen LogP contribution in [0.1, 0.15) is 5.56 Å². The van der Waals surface area contributed by atoms with E-state index in [-0.39, 0.29) is 22.4 Å². The highest BCUT2D eigenvalue weighted by atomic mass is 32.2. The summed E-state index contributed by atoms with van der Waals surface area (Å²) < 4.78 is 55.0. The summed E-state index contributed by atoms with van der Waals surface area (Å²) in [5.41, 5.74) is -3.93. The van der Waals surface area contributed by atoms with Gasteiger partial charge in [0, 0.05) is 4.90 Å². The maximum absolute atomic E-state index is 12.0. The van der Waals surface area contributed by atoms with Gasteiger partial charge in [0.15, 0.2) is 11.1 Å². The van der Waals surface area contributed by atoms with Crippen LogP contribution in [0.5, 0.6) is 0 Å². The normalized spacial score (nSPS) is 13.9. The minimum Gasteiger partial charge on any atom is -0.306 e. The maximum Gasteiger partial charge on any atom is 0.446 e. The molecule has 1 N–H and O–H groups in total. The van der Waals surface area contributed by atoms with Crippen LogP contribution in [0.4, 0.5) is 13.2 Å². The molecule has 0 aliphatic rings. The van der Waals surface area contributed by atoms with E-state index in [1.807, 2.05) is 0 Å². The molecule has 0 aliphatic heterocycles. The highest BCUT2D eigenvalue weighted by Gasteiger charge is 2.29. The van der Waals surface area contributed by atoms with Gasteiger partial charge in [0.25, 0.3) is 0 Å². The molecule has 84 valence electrons. The SMILES string of the molecule is O=S(O)Cc1cccc(SC(F)(F)F)c1. The Kier molecular flexibility index (Phi) is 4.18. The van der Waals surface area contributed by atoms with Crippen molar-refractivity contribution in [1.29, 1.82) is 0 Å². The van der Waals surface area contributed by atoms with Crippen molar-refractivity contribution in [2.75, 3.05) is 0 Å². The molecule has 15 heavy (non-hydrogen) atoms. The fourth-order valence-electron chi connectivity index (χ4n) is 0.975. The largest absolute Gasteiger partial charge is 0.446 e. The van der Waals surface area contributed by atoms with Crippen molar-refractivity contribution in [1.82, 2.24) is 0 Å². The highest BCUT2D eigenvalue weighted by Crippen LogP contribution is 2.36. The van der Waals surface area contributed by atoms with Gasteiger partial charge >= 0.3 is 5.51 Å². The van der Waals surface area contributed by atoms with Gasteiger partial charge in [-0.1, -0.05) is 12.1 Å². The van der Waals surface area contributed by atoms with Gasteiger partial charge in [-0.05, 0) is 29.5 Å². The second-order valence-corrected chi connectivity index (χ2v) is 4.73. The predicted molar refractivity (Wildman–Crippen MR) is 52.8 cm³/mol. The second kappa shape index (κ2) is 5.00. The average Bonchev–Trinajstić information content (AvgIpc) is 1.99. The number of thioether (sulfide) groups is 1. The fourth-order valence-corrected chi connectivity index (χ4v) is 2.06. The van der Waals surface area contributed by atoms with E-state index in [9.17, 15) is 17.4 Å². The van der Waals surface area contributed by atoms with Crippen molar-refractivity contribution in [3.05, 3.63) is 29.8 Å². The number of halogens is 3. The van der Waals surface area contributed by atoms with E-state index in [0.29, 0.717) is 5.56 Å². The lowest BCUT2D eigenvalue weighted by Gasteiger charge is -2.06. The van der Waals surface area contributed by atoms with Gasteiger partial charge in [-0.25, -0.2) is 4.21 Å². The average molecular weight is 256 g/mol. The standard InChI is InChI=1S/C8H7F3O2S2/c9-8(10,11)14-7-3-1-2-6(4-7)5-15(12)13/h1-4H,5H2,(H,12,13). The lowest BCUT2D eigenvalue weighted by Crippen LogP contribution is -1.99. The Morgan fingerprint density at radius 1 is 1.40 bits per heavy atom. The Bertz CT molecular complexity index is 365. The van der Waals surface area contributed by atoms with E-state index in [0.717, 1.165) is 0 Å². The van der Waals surface area contributed by atoms with Gasteiger partial charge in [-0.3, -0.25) is 0 Å². The van der Waals surface area contributed by atoms with Gasteiger partial charge in [0.2, 0.25) is 0 Å². The van der Waals surface area contributed by atoms with Gasteiger partial charge in [-0.15, -0.1) is 0 Å². The molecule has 1 rings (SSSR count). The van der Waals surface area contributed by atoms with Crippen LogP contribution >= 0.6 is 11.8 Å². The lowest BCUT2D eigenvalue weighted by molar-refractivity contribution is -0.0328. The molecule has 0 saturated heterocycles. The molecule has 0 amide bonds. The van der Waals surface area contributed by atoms with Crippen molar-refractivity contribution in [2.24, 2.45) is 0 Å². The lowest BCUT2D eigenvalue weighted by atomic mass is 10.2. The Balaban J connectivity index is 2.79. The molecule has 0 fully saturated rings. The molecule has 0 heterocycles. The molecule has 1 aromatic carbocycles. The van der Waals surface area contributed by atoms with Crippen molar-refractivity contribution in [2.45, 2.75) is 16.2 Å². The van der Waals surface area contributed by atoms with E-state index in [4.69, 9.17) is 4.55 Å². The topological polar surface area (TPSA) is 37.3 Å². The predicted octanol–water partition coefficient (Wildman–Crippen LogP) is 3.02. The quantitative estimate of drug-likeness (QED) is 0.667. The van der Waals surface area contributed by atoms with E-state index < -0.39 is 16.6 Å². The molecule has 7 heteroatoms. The molecule has 1 aromatic rings. The van der Waals surface area contributed by atoms with Crippen LogP contribution in [0.3, 0.4) is 0 Å². The summed E-state index contributed by atoms with van der Waals surface area (Å²) >= 11 is -2.28. The Morgan fingerprint density at radius 2 is 2.07 bits per heavy atom. The molecular formula is C8H7F3O2S2. The van der Waals surface area contributed by atoms with Crippen LogP contribution in [0, 0.1) is 0 Å². The number of alkyl halides is 3. The zero-order chi connectivity index (χ0) is 11.5. The monoisotopic (exact) mass is 256 g/mol. The van der Waals surface area contributed by atoms with Gasteiger partial charge in [-0.2, -0.15) is 13.2 Å². The number of hydrogen-bond donors (Lipinski definition) is 1. The minimum atomic E-state index is -4.34. The molecule has 0 spiro atoms. The molecule has 1 unspecified atom stereocenters. The molecule has 0 radical (unpaired) electrons. The third-order valence-electron chi connectivity index (χ3n) is 1.42. The molecular weight excluding hydrogens is 249 g/mol. The number of hydrogen-bond acceptors (Lipinski definition) is 2. The van der Waals surface area contributed by atoms with Crippen molar-refractivity contribution in [3.63, 3.8) is 0 Å². The summed E-state index contributed by atoms with van der Waals surface area (Å²) in [7, 11) is 0. The van der Waals surface area contributed by atoms with Gasteiger partial charge in [0.05, 0.1) is 5.75 Å². The zero-order valence-corrected chi connectivity index (χ0v) is 8.96. The fraction of sp³-hybridized carbons (Fsp3) is 0.250. The Morgan fingerprint density at radius 3 is 2.60 bits per heavy atom. The molecule has 0 aliphatic carbocycles. The Hall–Kier alpha value is -0.530. The van der Waals surface area contributed by atoms with Gasteiger partial charge < -0.3 is 4.55 Å². The van der Waals surface area contributed by atoms with E-state index in [2.05, 4.69) is 0 Å². The van der Waals surface area contributed by atoms with Crippen molar-refractivity contribution >= 4 is 22.8 Å². The third kappa shape index (κ3) is 5.19. The summed E-state index contributed by atoms with van der Waals surface area (Å²) in [6.45, 7) is 0. The number of rotatable bonds is 3. The molecule has 0 aromatic heterocycles. The van der Waals surface area contributed by atoms with Crippen LogP contribution in [0.2, 0.25) is 0 Å². The minimum absolute atomic E-state index is 0.0189. The van der Waals surface area contributed by atoms with Crippen molar-refractivity contribution < 1.29 is 21.9 Å². The molecule has 0 bridgehead atoms. The van der Waals surface area contributed by atoms with Crippen LogP contribution in [-0.2, 0) is 16.8 Å². The molecule has 1 atom stereocenters. The summed E-state index contributed by atoms with van der Waals surface area (Å²) in [6.07, 6.45) is 0. The maximum atomic E-state index is 12.0. The second-order valence-electron chi connectivity index (χ2n) is 2.66. The van der Waals surface area contributed by atoms with Crippen LogP contribution < -0.4 is 0 Å². The molecule has 2 nitrogen and oxygen atoms in total. The first-order valence-electron chi connectivity index (χ1n) is 3.79. The summed E-state index contributed by atoms with van der Waals surface area (Å²) in [6, 6.07) is 5.50. The molecule has 0 saturated carbocycles. The van der Waals surface area contributed by atoms with Crippen LogP contribution in [0.25, 0.3) is 0 Å². The first kappa shape index (κ1) is 12.5. The summed E-state index contributed by atoms with van der Waals surface area (Å²) in [5, 5.41) is 0. The van der Waals surface area contributed by atoms with E-state index in [1.54, 1.807) is 0 Å². The highest BCUT2D eigenvalue weighted by molar-refractivity contribution is 8.00. The first-order chi connectivity index (χ1) is 6.87. The van der Waals surface area contributed by atoms with E-state index in [1.165, 1.54) is 24.3 Å². The number of benzene rings is 1. The smallest absolute Gasteiger partial charge is 0.306 e.